The topological polar surface area (TPSA) is 101 Å². The van der Waals surface area contributed by atoms with E-state index >= 15 is 0 Å². The van der Waals surface area contributed by atoms with Crippen LogP contribution in [0.25, 0.3) is 0 Å². The number of carbonyl (C=O) groups is 1. The smallest absolute Gasteiger partial charge is 0.251 e. The number of aliphatic imine (C=N–C) groups is 1. The van der Waals surface area contributed by atoms with E-state index in [-0.39, 0.29) is 28.7 Å². The molecule has 2 aromatic rings. The number of hydrogen-bond donors (Lipinski definition) is 2. The van der Waals surface area contributed by atoms with Crippen LogP contribution in [0.5, 0.6) is 0 Å². The van der Waals surface area contributed by atoms with Gasteiger partial charge in [0.25, 0.3) is 5.91 Å². The van der Waals surface area contributed by atoms with E-state index in [9.17, 15) is 13.2 Å². The summed E-state index contributed by atoms with van der Waals surface area (Å²) in [6.45, 7) is 2.31. The molecule has 7 nitrogen and oxygen atoms in total. The van der Waals surface area contributed by atoms with Crippen LogP contribution in [-0.2, 0) is 16.4 Å². The van der Waals surface area contributed by atoms with Crippen molar-refractivity contribution in [1.82, 2.24) is 10.3 Å². The Hall–Kier alpha value is -2.39. The number of amides is 1. The lowest BCUT2D eigenvalue weighted by molar-refractivity contribution is 0.0950. The molecular weight excluding hydrogens is 396 g/mol. The van der Waals surface area contributed by atoms with Gasteiger partial charge in [-0.2, -0.15) is 0 Å². The maximum atomic E-state index is 12.5. The summed E-state index contributed by atoms with van der Waals surface area (Å²) in [5.41, 5.74) is 3.10. The highest BCUT2D eigenvalue weighted by molar-refractivity contribution is 8.15. The van der Waals surface area contributed by atoms with Gasteiger partial charge in [0, 0.05) is 22.7 Å². The molecule has 0 saturated carbocycles. The first-order valence-electron chi connectivity index (χ1n) is 8.90. The molecule has 2 atom stereocenters. The van der Waals surface area contributed by atoms with Gasteiger partial charge in [0.2, 0.25) is 0 Å². The summed E-state index contributed by atoms with van der Waals surface area (Å²) in [6, 6.07) is 10.8. The molecule has 1 aromatic carbocycles. The summed E-state index contributed by atoms with van der Waals surface area (Å²) >= 11 is 1.46. The summed E-state index contributed by atoms with van der Waals surface area (Å²) < 4.78 is 23.4. The second-order valence-electron chi connectivity index (χ2n) is 6.89. The number of nitrogens with one attached hydrogen (secondary N) is 2. The summed E-state index contributed by atoms with van der Waals surface area (Å²) in [5.74, 6) is 0.106. The fourth-order valence-corrected chi connectivity index (χ4v) is 6.87. The molecule has 3 heterocycles. The van der Waals surface area contributed by atoms with Gasteiger partial charge in [-0.15, -0.1) is 0 Å². The molecule has 146 valence electrons. The van der Waals surface area contributed by atoms with E-state index in [0.717, 1.165) is 16.9 Å². The third kappa shape index (κ3) is 4.20. The van der Waals surface area contributed by atoms with Crippen molar-refractivity contribution in [2.75, 3.05) is 16.8 Å². The van der Waals surface area contributed by atoms with E-state index in [0.29, 0.717) is 17.3 Å². The number of carbonyl (C=O) groups excluding carboxylic acids is 1. The van der Waals surface area contributed by atoms with E-state index in [4.69, 9.17) is 0 Å². The molecule has 4 rings (SSSR count). The van der Waals surface area contributed by atoms with Crippen LogP contribution in [0.4, 0.5) is 5.69 Å². The molecule has 1 amide bonds. The van der Waals surface area contributed by atoms with Crippen LogP contribution in [0.15, 0.2) is 47.6 Å². The van der Waals surface area contributed by atoms with Crippen molar-refractivity contribution in [2.45, 2.75) is 24.8 Å². The summed E-state index contributed by atoms with van der Waals surface area (Å²) in [6.07, 6.45) is 1.69. The number of benzene rings is 1. The second kappa shape index (κ2) is 7.56. The zero-order valence-electron chi connectivity index (χ0n) is 15.3. The molecule has 0 spiro atoms. The van der Waals surface area contributed by atoms with Gasteiger partial charge >= 0.3 is 0 Å². The number of sulfone groups is 1. The molecule has 2 N–H and O–H groups in total. The minimum atomic E-state index is -2.97. The average molecular weight is 417 g/mol. The molecule has 28 heavy (non-hydrogen) atoms. The number of aryl methyl sites for hydroxylation is 1. The van der Waals surface area contributed by atoms with Crippen molar-refractivity contribution < 1.29 is 13.2 Å². The van der Waals surface area contributed by atoms with Crippen LogP contribution < -0.4 is 10.6 Å². The zero-order chi connectivity index (χ0) is 19.7. The van der Waals surface area contributed by atoms with Gasteiger partial charge < -0.3 is 10.6 Å². The second-order valence-corrected chi connectivity index (χ2v) is 10.3. The predicted molar refractivity (Wildman–Crippen MR) is 111 cm³/mol. The monoisotopic (exact) mass is 416 g/mol. The highest BCUT2D eigenvalue weighted by atomic mass is 32.2. The standard InChI is InChI=1S/C19H20N4O3S2/c1-12-5-6-13(18(24)21-9-14-4-2-3-7-20-14)8-15(12)22-19-23-16-10-28(25,26)11-17(16)27-19/h2-8,16-17H,9-11H2,1H3,(H,21,24)(H,22,23)/t16-,17+/m0/s1. The van der Waals surface area contributed by atoms with Crippen molar-refractivity contribution in [3.05, 3.63) is 59.4 Å². The number of amidine groups is 1. The Labute approximate surface area is 168 Å². The minimum absolute atomic E-state index is 0.0161. The van der Waals surface area contributed by atoms with Crippen LogP contribution >= 0.6 is 11.8 Å². The van der Waals surface area contributed by atoms with E-state index < -0.39 is 9.84 Å². The normalized spacial score (nSPS) is 22.4. The number of rotatable bonds is 4. The lowest BCUT2D eigenvalue weighted by Gasteiger charge is -2.12. The van der Waals surface area contributed by atoms with Crippen molar-refractivity contribution >= 4 is 38.4 Å². The molecule has 9 heteroatoms. The molecule has 1 saturated heterocycles. The van der Waals surface area contributed by atoms with Gasteiger partial charge in [-0.3, -0.25) is 14.8 Å². The number of aromatic nitrogens is 1. The Bertz CT molecular complexity index is 1040. The number of fused-ring (bicyclic) bond motifs is 1. The summed E-state index contributed by atoms with van der Waals surface area (Å²) in [7, 11) is -2.97. The number of nitrogens with zero attached hydrogens (tertiary/aromatic N) is 2. The lowest BCUT2D eigenvalue weighted by atomic mass is 10.1. The Morgan fingerprint density at radius 1 is 1.25 bits per heavy atom. The van der Waals surface area contributed by atoms with E-state index in [1.54, 1.807) is 18.3 Å². The van der Waals surface area contributed by atoms with Gasteiger partial charge in [-0.1, -0.05) is 23.9 Å². The SMILES string of the molecule is Cc1ccc(C(=O)NCc2ccccn2)cc1NC1=N[C@H]2CS(=O)(=O)C[C@H]2S1. The molecule has 2 aliphatic rings. The summed E-state index contributed by atoms with van der Waals surface area (Å²) in [4.78, 5) is 21.2. The first-order valence-corrected chi connectivity index (χ1v) is 11.6. The fourth-order valence-electron chi connectivity index (χ4n) is 3.20. The zero-order valence-corrected chi connectivity index (χ0v) is 16.9. The van der Waals surface area contributed by atoms with Gasteiger partial charge in [0.1, 0.15) is 0 Å². The molecule has 0 aliphatic carbocycles. The highest BCUT2D eigenvalue weighted by Crippen LogP contribution is 2.35. The van der Waals surface area contributed by atoms with Crippen LogP contribution in [0.2, 0.25) is 0 Å². The number of pyridine rings is 1. The van der Waals surface area contributed by atoms with Crippen LogP contribution in [0, 0.1) is 6.92 Å². The van der Waals surface area contributed by atoms with Crippen molar-refractivity contribution in [3.63, 3.8) is 0 Å². The summed E-state index contributed by atoms with van der Waals surface area (Å²) in [5, 5.41) is 6.82. The first-order chi connectivity index (χ1) is 13.4. The Kier molecular flexibility index (Phi) is 5.11. The number of hydrogen-bond acceptors (Lipinski definition) is 7. The first kappa shape index (κ1) is 18.9. The van der Waals surface area contributed by atoms with Gasteiger partial charge in [0.15, 0.2) is 15.0 Å². The van der Waals surface area contributed by atoms with E-state index in [1.807, 2.05) is 31.2 Å². The van der Waals surface area contributed by atoms with Crippen molar-refractivity contribution in [3.8, 4) is 0 Å². The highest BCUT2D eigenvalue weighted by Gasteiger charge is 2.42. The molecule has 0 bridgehead atoms. The molecule has 0 unspecified atom stereocenters. The van der Waals surface area contributed by atoms with Crippen LogP contribution in [0.3, 0.4) is 0 Å². The third-order valence-corrected chi connectivity index (χ3v) is 7.86. The van der Waals surface area contributed by atoms with Crippen LogP contribution in [0.1, 0.15) is 21.6 Å². The van der Waals surface area contributed by atoms with Crippen molar-refractivity contribution in [1.29, 1.82) is 0 Å². The molecule has 1 aromatic heterocycles. The Morgan fingerprint density at radius 3 is 2.86 bits per heavy atom. The molecule has 2 aliphatic heterocycles. The quantitative estimate of drug-likeness (QED) is 0.791. The van der Waals surface area contributed by atoms with E-state index in [1.165, 1.54) is 11.8 Å². The Morgan fingerprint density at radius 2 is 2.11 bits per heavy atom. The van der Waals surface area contributed by atoms with Crippen molar-refractivity contribution in [2.24, 2.45) is 4.99 Å². The average Bonchev–Trinajstić information content (AvgIpc) is 3.15. The number of anilines is 1. The largest absolute Gasteiger partial charge is 0.346 e. The maximum absolute atomic E-state index is 12.5. The lowest BCUT2D eigenvalue weighted by Crippen LogP contribution is -2.23. The molecular formula is C19H20N4O3S2. The third-order valence-electron chi connectivity index (χ3n) is 4.72. The fraction of sp³-hybridized carbons (Fsp3) is 0.316. The van der Waals surface area contributed by atoms with Gasteiger partial charge in [-0.25, -0.2) is 8.42 Å². The van der Waals surface area contributed by atoms with Gasteiger partial charge in [-0.05, 0) is 36.8 Å². The maximum Gasteiger partial charge on any atom is 0.251 e. The number of thioether (sulfide) groups is 1. The van der Waals surface area contributed by atoms with Gasteiger partial charge in [0.05, 0.1) is 29.8 Å². The van der Waals surface area contributed by atoms with E-state index in [2.05, 4.69) is 20.6 Å². The van der Waals surface area contributed by atoms with Crippen LogP contribution in [-0.4, -0.2) is 47.3 Å². The molecule has 0 radical (unpaired) electrons. The Balaban J connectivity index is 1.43. The minimum Gasteiger partial charge on any atom is -0.346 e. The molecule has 1 fully saturated rings. The predicted octanol–water partition coefficient (Wildman–Crippen LogP) is 2.00.